The Labute approximate surface area is 234 Å². The fourth-order valence-electron chi connectivity index (χ4n) is 5.18. The van der Waals surface area contributed by atoms with Crippen molar-refractivity contribution >= 4 is 35.3 Å². The molecule has 2 aliphatic heterocycles. The highest BCUT2D eigenvalue weighted by atomic mass is 32.2. The van der Waals surface area contributed by atoms with Gasteiger partial charge in [-0.3, -0.25) is 9.59 Å². The zero-order chi connectivity index (χ0) is 27.2. The average Bonchev–Trinajstić information content (AvgIpc) is 2.95. The van der Waals surface area contributed by atoms with E-state index in [0.717, 1.165) is 48.0 Å². The van der Waals surface area contributed by atoms with Crippen LogP contribution in [0.15, 0.2) is 82.6 Å². The second-order valence-corrected chi connectivity index (χ2v) is 11.5. The van der Waals surface area contributed by atoms with E-state index in [-0.39, 0.29) is 24.2 Å². The maximum Gasteiger partial charge on any atom is 0.265 e. The smallest absolute Gasteiger partial charge is 0.265 e. The van der Waals surface area contributed by atoms with Crippen molar-refractivity contribution in [1.29, 1.82) is 0 Å². The molecule has 2 aliphatic rings. The SMILES string of the molecule is C[C@@H]1CCCN(CCCNC(=O)c2ccc3c(c2)N(Cc2ccc(F)cc2)C(=O)/C(=C/c2ccccc2)S3)C1. The third-order valence-corrected chi connectivity index (χ3v) is 8.29. The van der Waals surface area contributed by atoms with Gasteiger partial charge in [-0.05, 0) is 85.8 Å². The summed E-state index contributed by atoms with van der Waals surface area (Å²) in [6.07, 6.45) is 5.34. The monoisotopic (exact) mass is 543 g/mol. The van der Waals surface area contributed by atoms with Crippen molar-refractivity contribution < 1.29 is 14.0 Å². The highest BCUT2D eigenvalue weighted by molar-refractivity contribution is 8.04. The summed E-state index contributed by atoms with van der Waals surface area (Å²) < 4.78 is 13.5. The fourth-order valence-corrected chi connectivity index (χ4v) is 6.22. The van der Waals surface area contributed by atoms with E-state index in [0.29, 0.717) is 22.7 Å². The number of piperidine rings is 1. The molecule has 5 rings (SSSR count). The van der Waals surface area contributed by atoms with E-state index in [9.17, 15) is 14.0 Å². The van der Waals surface area contributed by atoms with Crippen molar-refractivity contribution in [3.8, 4) is 0 Å². The fraction of sp³-hybridized carbons (Fsp3) is 0.312. The number of rotatable bonds is 8. The lowest BCUT2D eigenvalue weighted by Crippen LogP contribution is -2.36. The van der Waals surface area contributed by atoms with Crippen LogP contribution >= 0.6 is 11.8 Å². The van der Waals surface area contributed by atoms with Crippen molar-refractivity contribution in [2.24, 2.45) is 5.92 Å². The van der Waals surface area contributed by atoms with Gasteiger partial charge in [-0.25, -0.2) is 4.39 Å². The van der Waals surface area contributed by atoms with Gasteiger partial charge in [0.15, 0.2) is 0 Å². The predicted molar refractivity (Wildman–Crippen MR) is 156 cm³/mol. The first-order valence-corrected chi connectivity index (χ1v) is 14.4. The molecule has 2 amide bonds. The molecular weight excluding hydrogens is 509 g/mol. The standard InChI is InChI=1S/C32H34FN3O2S/c1-23-7-5-17-35(21-23)18-6-16-34-31(37)26-12-15-29-28(20-26)36(22-25-10-13-27(33)14-11-25)32(38)30(39-29)19-24-8-3-2-4-9-24/h2-4,8-15,19-20,23H,5-7,16-18,21-22H2,1H3,(H,34,37)/b30-19-/t23-/m1/s1. The Hall–Kier alpha value is -3.42. The molecule has 0 unspecified atom stereocenters. The third-order valence-electron chi connectivity index (χ3n) is 7.22. The molecule has 3 aromatic rings. The highest BCUT2D eigenvalue weighted by Gasteiger charge is 2.30. The second-order valence-electron chi connectivity index (χ2n) is 10.4. The van der Waals surface area contributed by atoms with Crippen LogP contribution in [0, 0.1) is 11.7 Å². The van der Waals surface area contributed by atoms with Crippen LogP contribution in [0.3, 0.4) is 0 Å². The van der Waals surface area contributed by atoms with Gasteiger partial charge in [0.05, 0.1) is 17.1 Å². The minimum Gasteiger partial charge on any atom is -0.352 e. The maximum absolute atomic E-state index is 13.7. The van der Waals surface area contributed by atoms with Crippen LogP contribution in [0.2, 0.25) is 0 Å². The lowest BCUT2D eigenvalue weighted by Gasteiger charge is -2.31. The molecule has 1 saturated heterocycles. The molecule has 5 nitrogen and oxygen atoms in total. The van der Waals surface area contributed by atoms with Crippen LogP contribution in [0.25, 0.3) is 6.08 Å². The molecule has 0 aromatic heterocycles. The predicted octanol–water partition coefficient (Wildman–Crippen LogP) is 6.36. The van der Waals surface area contributed by atoms with Crippen molar-refractivity contribution in [3.05, 3.63) is 100 Å². The van der Waals surface area contributed by atoms with E-state index in [4.69, 9.17) is 0 Å². The number of nitrogens with zero attached hydrogens (tertiary/aromatic N) is 2. The van der Waals surface area contributed by atoms with E-state index in [1.54, 1.807) is 23.1 Å². The van der Waals surface area contributed by atoms with Gasteiger partial charge < -0.3 is 15.1 Å². The first-order valence-electron chi connectivity index (χ1n) is 13.6. The molecule has 1 atom stereocenters. The quantitative estimate of drug-likeness (QED) is 0.265. The maximum atomic E-state index is 13.7. The Bertz CT molecular complexity index is 1340. The van der Waals surface area contributed by atoms with E-state index >= 15 is 0 Å². The molecular formula is C32H34FN3O2S. The number of amides is 2. The number of nitrogens with one attached hydrogen (secondary N) is 1. The molecule has 2 heterocycles. The Morgan fingerprint density at radius 1 is 1.10 bits per heavy atom. The zero-order valence-corrected chi connectivity index (χ0v) is 23.1. The van der Waals surface area contributed by atoms with E-state index < -0.39 is 0 Å². The van der Waals surface area contributed by atoms with Crippen molar-refractivity contribution in [1.82, 2.24) is 10.2 Å². The Balaban J connectivity index is 1.33. The number of likely N-dealkylation sites (tertiary alicyclic amines) is 1. The lowest BCUT2D eigenvalue weighted by molar-refractivity contribution is -0.114. The molecule has 3 aromatic carbocycles. The number of fused-ring (bicyclic) bond motifs is 1. The van der Waals surface area contributed by atoms with Gasteiger partial charge in [0, 0.05) is 23.5 Å². The van der Waals surface area contributed by atoms with Crippen molar-refractivity contribution in [3.63, 3.8) is 0 Å². The normalized spacial score (nSPS) is 18.7. The van der Waals surface area contributed by atoms with Gasteiger partial charge in [-0.15, -0.1) is 0 Å². The number of carbonyl (C=O) groups excluding carboxylic acids is 2. The molecule has 0 bridgehead atoms. The Morgan fingerprint density at radius 2 is 1.90 bits per heavy atom. The van der Waals surface area contributed by atoms with Crippen molar-refractivity contribution in [2.45, 2.75) is 37.6 Å². The summed E-state index contributed by atoms with van der Waals surface area (Å²) in [6, 6.07) is 21.4. The molecule has 202 valence electrons. The van der Waals surface area contributed by atoms with E-state index in [1.165, 1.54) is 36.7 Å². The zero-order valence-electron chi connectivity index (χ0n) is 22.2. The summed E-state index contributed by atoms with van der Waals surface area (Å²) in [6.45, 7) is 6.44. The summed E-state index contributed by atoms with van der Waals surface area (Å²) in [7, 11) is 0. The molecule has 0 spiro atoms. The van der Waals surface area contributed by atoms with Gasteiger partial charge in [-0.1, -0.05) is 61.2 Å². The van der Waals surface area contributed by atoms with Crippen molar-refractivity contribution in [2.75, 3.05) is 31.1 Å². The number of halogens is 1. The number of thioether (sulfide) groups is 1. The third kappa shape index (κ3) is 6.97. The molecule has 7 heteroatoms. The Morgan fingerprint density at radius 3 is 2.67 bits per heavy atom. The van der Waals surface area contributed by atoms with Crippen LogP contribution in [0.5, 0.6) is 0 Å². The minimum atomic E-state index is -0.321. The first kappa shape index (κ1) is 27.2. The van der Waals surface area contributed by atoms with Crippen LogP contribution in [0.4, 0.5) is 10.1 Å². The minimum absolute atomic E-state index is 0.144. The second kappa shape index (κ2) is 12.6. The summed E-state index contributed by atoms with van der Waals surface area (Å²) in [4.78, 5) is 32.4. The van der Waals surface area contributed by atoms with Crippen LogP contribution in [0.1, 0.15) is 47.7 Å². The number of anilines is 1. The topological polar surface area (TPSA) is 52.7 Å². The van der Waals surface area contributed by atoms with E-state index in [2.05, 4.69) is 17.1 Å². The van der Waals surface area contributed by atoms with E-state index in [1.807, 2.05) is 48.5 Å². The highest BCUT2D eigenvalue weighted by Crippen LogP contribution is 2.43. The molecule has 0 aliphatic carbocycles. The van der Waals surface area contributed by atoms with Crippen LogP contribution in [-0.2, 0) is 11.3 Å². The Kier molecular flexibility index (Phi) is 8.79. The molecule has 39 heavy (non-hydrogen) atoms. The molecule has 1 fully saturated rings. The lowest BCUT2D eigenvalue weighted by atomic mass is 10.0. The van der Waals surface area contributed by atoms with Crippen LogP contribution in [-0.4, -0.2) is 42.9 Å². The van der Waals surface area contributed by atoms with Crippen LogP contribution < -0.4 is 10.2 Å². The molecule has 0 saturated carbocycles. The summed E-state index contributed by atoms with van der Waals surface area (Å²) in [5.74, 6) is 0.132. The summed E-state index contributed by atoms with van der Waals surface area (Å²) >= 11 is 1.41. The van der Waals surface area contributed by atoms with Gasteiger partial charge in [0.25, 0.3) is 11.8 Å². The van der Waals surface area contributed by atoms with Gasteiger partial charge in [0.2, 0.25) is 0 Å². The van der Waals surface area contributed by atoms with Gasteiger partial charge in [-0.2, -0.15) is 0 Å². The van der Waals surface area contributed by atoms with Gasteiger partial charge in [0.1, 0.15) is 5.82 Å². The number of benzene rings is 3. The molecule has 1 N–H and O–H groups in total. The summed E-state index contributed by atoms with van der Waals surface area (Å²) in [5, 5.41) is 3.05. The number of hydrogen-bond donors (Lipinski definition) is 1. The summed E-state index contributed by atoms with van der Waals surface area (Å²) in [5.41, 5.74) is 2.96. The first-order chi connectivity index (χ1) is 19.0. The van der Waals surface area contributed by atoms with Gasteiger partial charge >= 0.3 is 0 Å². The largest absolute Gasteiger partial charge is 0.352 e. The molecule has 0 radical (unpaired) electrons. The average molecular weight is 544 g/mol. The number of hydrogen-bond acceptors (Lipinski definition) is 4. The number of carbonyl (C=O) groups is 2.